The smallest absolute Gasteiger partial charge is 0.386 e. The topological polar surface area (TPSA) is 38.7 Å². The maximum absolute atomic E-state index is 13.5. The normalized spacial score (nSPS) is 11.8. The fraction of sp³-hybridized carbons (Fsp3) is 0.400. The van der Waals surface area contributed by atoms with Crippen molar-refractivity contribution in [3.05, 3.63) is 29.8 Å². The van der Waals surface area contributed by atoms with Crippen LogP contribution < -0.4 is 5.19 Å². The van der Waals surface area contributed by atoms with Crippen LogP contribution >= 0.6 is 0 Å². The molecular formula is C10H14F2O3Si. The van der Waals surface area contributed by atoms with E-state index in [0.29, 0.717) is 6.07 Å². The standard InChI is InChI=1S/C10H14F2O3Si/c1-3-14-16(13,15-4-2)10-6-5-8(11)7-9(10)12/h5-7,13H,3-4H2,1-2H3. The van der Waals surface area contributed by atoms with Gasteiger partial charge in [-0.05, 0) is 26.0 Å². The van der Waals surface area contributed by atoms with Crippen LogP contribution in [0.25, 0.3) is 0 Å². The van der Waals surface area contributed by atoms with E-state index < -0.39 is 20.4 Å². The van der Waals surface area contributed by atoms with Gasteiger partial charge in [0.25, 0.3) is 0 Å². The van der Waals surface area contributed by atoms with Crippen LogP contribution in [0, 0.1) is 11.6 Å². The van der Waals surface area contributed by atoms with Gasteiger partial charge >= 0.3 is 8.80 Å². The van der Waals surface area contributed by atoms with Gasteiger partial charge in [-0.2, -0.15) is 0 Å². The Balaban J connectivity index is 3.10. The van der Waals surface area contributed by atoms with E-state index in [4.69, 9.17) is 8.85 Å². The molecule has 0 unspecified atom stereocenters. The fourth-order valence-corrected chi connectivity index (χ4v) is 3.18. The monoisotopic (exact) mass is 248 g/mol. The van der Waals surface area contributed by atoms with E-state index >= 15 is 0 Å². The van der Waals surface area contributed by atoms with Crippen LogP contribution in [-0.4, -0.2) is 26.8 Å². The van der Waals surface area contributed by atoms with Crippen molar-refractivity contribution in [1.82, 2.24) is 0 Å². The number of rotatable bonds is 5. The van der Waals surface area contributed by atoms with E-state index in [1.54, 1.807) is 13.8 Å². The number of hydrogen-bond acceptors (Lipinski definition) is 3. The lowest BCUT2D eigenvalue weighted by Gasteiger charge is -2.23. The number of hydrogen-bond donors (Lipinski definition) is 1. The second kappa shape index (κ2) is 5.49. The minimum absolute atomic E-state index is 0.0994. The summed E-state index contributed by atoms with van der Waals surface area (Å²) in [6, 6.07) is 2.92. The molecule has 1 N–H and O–H groups in total. The molecule has 0 atom stereocenters. The second-order valence-electron chi connectivity index (χ2n) is 3.07. The van der Waals surface area contributed by atoms with E-state index in [9.17, 15) is 13.6 Å². The largest absolute Gasteiger partial charge is 0.537 e. The van der Waals surface area contributed by atoms with Gasteiger partial charge in [-0.25, -0.2) is 8.78 Å². The van der Waals surface area contributed by atoms with Gasteiger partial charge in [0, 0.05) is 19.3 Å². The predicted molar refractivity (Wildman–Crippen MR) is 57.2 cm³/mol. The average Bonchev–Trinajstić information content (AvgIpc) is 2.17. The van der Waals surface area contributed by atoms with Crippen molar-refractivity contribution in [2.45, 2.75) is 13.8 Å². The number of halogens is 2. The predicted octanol–water partition coefficient (Wildman–Crippen LogP) is 1.18. The van der Waals surface area contributed by atoms with E-state index in [1.807, 2.05) is 0 Å². The lowest BCUT2D eigenvalue weighted by atomic mass is 10.3. The van der Waals surface area contributed by atoms with Gasteiger partial charge in [0.05, 0.1) is 5.19 Å². The molecule has 0 saturated carbocycles. The Kier molecular flexibility index (Phi) is 4.54. The van der Waals surface area contributed by atoms with Gasteiger partial charge < -0.3 is 13.6 Å². The first-order valence-electron chi connectivity index (χ1n) is 4.99. The van der Waals surface area contributed by atoms with Gasteiger partial charge in [0.1, 0.15) is 11.6 Å². The summed E-state index contributed by atoms with van der Waals surface area (Å²) in [5.41, 5.74) is 0. The molecule has 1 rings (SSSR count). The molecule has 0 spiro atoms. The molecular weight excluding hydrogens is 234 g/mol. The first-order chi connectivity index (χ1) is 7.53. The van der Waals surface area contributed by atoms with Crippen molar-refractivity contribution in [2.24, 2.45) is 0 Å². The highest BCUT2D eigenvalue weighted by molar-refractivity contribution is 6.74. The van der Waals surface area contributed by atoms with Crippen molar-refractivity contribution < 1.29 is 22.4 Å². The van der Waals surface area contributed by atoms with E-state index in [1.165, 1.54) is 0 Å². The third-order valence-corrected chi connectivity index (χ3v) is 4.40. The Bertz CT molecular complexity index is 354. The first-order valence-corrected chi connectivity index (χ1v) is 6.75. The van der Waals surface area contributed by atoms with Crippen molar-refractivity contribution in [3.8, 4) is 0 Å². The van der Waals surface area contributed by atoms with E-state index in [0.717, 1.165) is 12.1 Å². The summed E-state index contributed by atoms with van der Waals surface area (Å²) in [5, 5.41) is -0.0994. The summed E-state index contributed by atoms with van der Waals surface area (Å²) in [7, 11) is -3.73. The summed E-state index contributed by atoms with van der Waals surface area (Å²) >= 11 is 0. The summed E-state index contributed by atoms with van der Waals surface area (Å²) in [5.74, 6) is -1.55. The molecule has 0 aliphatic carbocycles. The molecule has 1 aromatic carbocycles. The molecule has 6 heteroatoms. The second-order valence-corrected chi connectivity index (χ2v) is 5.35. The van der Waals surface area contributed by atoms with Crippen LogP contribution in [-0.2, 0) is 8.85 Å². The molecule has 90 valence electrons. The van der Waals surface area contributed by atoms with Crippen LogP contribution in [0.1, 0.15) is 13.8 Å². The van der Waals surface area contributed by atoms with Crippen LogP contribution in [0.2, 0.25) is 0 Å². The van der Waals surface area contributed by atoms with Gasteiger partial charge in [-0.1, -0.05) is 0 Å². The summed E-state index contributed by atoms with van der Waals surface area (Å²) in [6.07, 6.45) is 0. The SMILES string of the molecule is CCO[Si](O)(OCC)c1ccc(F)cc1F. The Labute approximate surface area is 94.0 Å². The average molecular weight is 248 g/mol. The summed E-state index contributed by atoms with van der Waals surface area (Å²) in [6.45, 7) is 3.72. The van der Waals surface area contributed by atoms with Crippen LogP contribution in [0.4, 0.5) is 8.78 Å². The lowest BCUT2D eigenvalue weighted by molar-refractivity contribution is 0.123. The zero-order chi connectivity index (χ0) is 12.2. The quantitative estimate of drug-likeness (QED) is 0.795. The van der Waals surface area contributed by atoms with Crippen LogP contribution in [0.3, 0.4) is 0 Å². The molecule has 0 aliphatic rings. The fourth-order valence-electron chi connectivity index (χ4n) is 1.33. The molecule has 1 aromatic rings. The Hall–Kier alpha value is -0.823. The highest BCUT2D eigenvalue weighted by atomic mass is 28.4. The minimum Gasteiger partial charge on any atom is -0.386 e. The highest BCUT2D eigenvalue weighted by Crippen LogP contribution is 2.09. The van der Waals surface area contributed by atoms with Crippen molar-refractivity contribution in [3.63, 3.8) is 0 Å². The molecule has 0 aliphatic heterocycles. The zero-order valence-corrected chi connectivity index (χ0v) is 10.2. The van der Waals surface area contributed by atoms with E-state index in [-0.39, 0.29) is 18.4 Å². The molecule has 0 amide bonds. The third-order valence-electron chi connectivity index (χ3n) is 1.95. The first kappa shape index (κ1) is 13.2. The molecule has 0 heterocycles. The van der Waals surface area contributed by atoms with Gasteiger partial charge in [0.15, 0.2) is 0 Å². The van der Waals surface area contributed by atoms with Crippen molar-refractivity contribution in [2.75, 3.05) is 13.2 Å². The maximum atomic E-state index is 13.5. The molecule has 0 bridgehead atoms. The minimum atomic E-state index is -3.73. The van der Waals surface area contributed by atoms with E-state index in [2.05, 4.69) is 0 Å². The molecule has 0 radical (unpaired) electrons. The summed E-state index contributed by atoms with van der Waals surface area (Å²) in [4.78, 5) is 10.1. The van der Waals surface area contributed by atoms with Crippen LogP contribution in [0.15, 0.2) is 18.2 Å². The molecule has 3 nitrogen and oxygen atoms in total. The Morgan fingerprint density at radius 1 is 1.19 bits per heavy atom. The molecule has 0 aromatic heterocycles. The summed E-state index contributed by atoms with van der Waals surface area (Å²) < 4.78 is 36.4. The van der Waals surface area contributed by atoms with Gasteiger partial charge in [0.2, 0.25) is 0 Å². The number of benzene rings is 1. The van der Waals surface area contributed by atoms with Crippen LogP contribution in [0.5, 0.6) is 0 Å². The van der Waals surface area contributed by atoms with Crippen molar-refractivity contribution >= 4 is 14.0 Å². The third kappa shape index (κ3) is 2.85. The molecule has 16 heavy (non-hydrogen) atoms. The maximum Gasteiger partial charge on any atom is 0.537 e. The van der Waals surface area contributed by atoms with Gasteiger partial charge in [-0.15, -0.1) is 0 Å². The van der Waals surface area contributed by atoms with Crippen molar-refractivity contribution in [1.29, 1.82) is 0 Å². The molecule has 0 fully saturated rings. The Morgan fingerprint density at radius 2 is 1.75 bits per heavy atom. The lowest BCUT2D eigenvalue weighted by Crippen LogP contribution is -2.55. The highest BCUT2D eigenvalue weighted by Gasteiger charge is 2.41. The Morgan fingerprint density at radius 3 is 2.19 bits per heavy atom. The van der Waals surface area contributed by atoms with Gasteiger partial charge in [-0.3, -0.25) is 0 Å². The molecule has 0 saturated heterocycles. The zero-order valence-electron chi connectivity index (χ0n) is 9.17.